The Labute approximate surface area is 115 Å². The lowest BCUT2D eigenvalue weighted by molar-refractivity contribution is -0.124. The van der Waals surface area contributed by atoms with Gasteiger partial charge in [-0.25, -0.2) is 4.79 Å². The van der Waals surface area contributed by atoms with Crippen LogP contribution in [-0.2, 0) is 4.79 Å². The van der Waals surface area contributed by atoms with E-state index in [-0.39, 0.29) is 23.4 Å². The molecule has 1 unspecified atom stereocenters. The molecule has 1 rings (SSSR count). The zero-order valence-electron chi connectivity index (χ0n) is 12.5. The molecule has 5 heteroatoms. The zero-order chi connectivity index (χ0) is 14.5. The van der Waals surface area contributed by atoms with Gasteiger partial charge in [0.2, 0.25) is 5.91 Å². The minimum Gasteiger partial charge on any atom is -0.354 e. The summed E-state index contributed by atoms with van der Waals surface area (Å²) in [5.74, 6) is 0.520. The number of hydrogen-bond donors (Lipinski definition) is 3. The first-order valence-electron chi connectivity index (χ1n) is 7.12. The second-order valence-corrected chi connectivity index (χ2v) is 6.58. The van der Waals surface area contributed by atoms with Gasteiger partial charge in [-0.1, -0.05) is 27.7 Å². The predicted molar refractivity (Wildman–Crippen MR) is 75.8 cm³/mol. The van der Waals surface area contributed by atoms with Crippen molar-refractivity contribution in [2.24, 2.45) is 11.3 Å². The monoisotopic (exact) mass is 269 g/mol. The first kappa shape index (κ1) is 15.8. The van der Waals surface area contributed by atoms with Crippen LogP contribution in [0.4, 0.5) is 4.79 Å². The standard InChI is InChI=1S/C14H27N3O2/c1-10(2)8-14(3,4)9-16-13(19)17-11-6-5-7-15-12(11)18/h10-11H,5-9H2,1-4H3,(H,15,18)(H2,16,17,19). The van der Waals surface area contributed by atoms with Crippen molar-refractivity contribution in [3.05, 3.63) is 0 Å². The molecule has 0 saturated carbocycles. The highest BCUT2D eigenvalue weighted by Crippen LogP contribution is 2.23. The van der Waals surface area contributed by atoms with Crippen LogP contribution in [0.25, 0.3) is 0 Å². The van der Waals surface area contributed by atoms with E-state index in [4.69, 9.17) is 0 Å². The molecule has 1 saturated heterocycles. The fraction of sp³-hybridized carbons (Fsp3) is 0.857. The van der Waals surface area contributed by atoms with Gasteiger partial charge < -0.3 is 16.0 Å². The molecule has 1 atom stereocenters. The van der Waals surface area contributed by atoms with E-state index in [9.17, 15) is 9.59 Å². The number of carbonyl (C=O) groups excluding carboxylic acids is 2. The Kier molecular flexibility index (Phi) is 5.63. The van der Waals surface area contributed by atoms with Crippen LogP contribution in [0.3, 0.4) is 0 Å². The van der Waals surface area contributed by atoms with Crippen LogP contribution in [0, 0.1) is 11.3 Å². The van der Waals surface area contributed by atoms with Gasteiger partial charge >= 0.3 is 6.03 Å². The third-order valence-corrected chi connectivity index (χ3v) is 3.28. The van der Waals surface area contributed by atoms with Gasteiger partial charge in [0.25, 0.3) is 0 Å². The fourth-order valence-corrected chi connectivity index (χ4v) is 2.62. The lowest BCUT2D eigenvalue weighted by Crippen LogP contribution is -2.53. The van der Waals surface area contributed by atoms with Crippen molar-refractivity contribution in [3.63, 3.8) is 0 Å². The third kappa shape index (κ3) is 5.94. The fourth-order valence-electron chi connectivity index (χ4n) is 2.62. The van der Waals surface area contributed by atoms with E-state index in [1.54, 1.807) is 0 Å². The SMILES string of the molecule is CC(C)CC(C)(C)CNC(=O)NC1CCCNC1=O. The van der Waals surface area contributed by atoms with Gasteiger partial charge in [-0.2, -0.15) is 0 Å². The van der Waals surface area contributed by atoms with Crippen molar-refractivity contribution in [3.8, 4) is 0 Å². The van der Waals surface area contributed by atoms with Crippen LogP contribution in [0.15, 0.2) is 0 Å². The summed E-state index contributed by atoms with van der Waals surface area (Å²) in [6.45, 7) is 9.95. The molecular formula is C14H27N3O2. The van der Waals surface area contributed by atoms with E-state index in [1.165, 1.54) is 0 Å². The molecule has 0 radical (unpaired) electrons. The Balaban J connectivity index is 2.33. The summed E-state index contributed by atoms with van der Waals surface area (Å²) in [7, 11) is 0. The van der Waals surface area contributed by atoms with Crippen molar-refractivity contribution in [1.82, 2.24) is 16.0 Å². The third-order valence-electron chi connectivity index (χ3n) is 3.28. The molecule has 3 N–H and O–H groups in total. The number of piperidine rings is 1. The molecule has 0 aliphatic carbocycles. The van der Waals surface area contributed by atoms with E-state index in [1.807, 2.05) is 0 Å². The van der Waals surface area contributed by atoms with Crippen molar-refractivity contribution >= 4 is 11.9 Å². The summed E-state index contributed by atoms with van der Waals surface area (Å²) in [5.41, 5.74) is 0.0698. The molecule has 110 valence electrons. The smallest absolute Gasteiger partial charge is 0.315 e. The largest absolute Gasteiger partial charge is 0.354 e. The minimum atomic E-state index is -0.387. The van der Waals surface area contributed by atoms with Gasteiger partial charge in [0.15, 0.2) is 0 Å². The van der Waals surface area contributed by atoms with Gasteiger partial charge in [-0.05, 0) is 30.6 Å². The molecule has 1 aliphatic heterocycles. The Morgan fingerprint density at radius 1 is 1.47 bits per heavy atom. The average Bonchev–Trinajstić information content (AvgIpc) is 2.28. The average molecular weight is 269 g/mol. The molecule has 0 aromatic carbocycles. The molecule has 5 nitrogen and oxygen atoms in total. The number of hydrogen-bond acceptors (Lipinski definition) is 2. The van der Waals surface area contributed by atoms with Gasteiger partial charge in [0.1, 0.15) is 6.04 Å². The van der Waals surface area contributed by atoms with Gasteiger partial charge in [0.05, 0.1) is 0 Å². The molecular weight excluding hydrogens is 242 g/mol. The molecule has 19 heavy (non-hydrogen) atoms. The molecule has 1 fully saturated rings. The quantitative estimate of drug-likeness (QED) is 0.710. The summed E-state index contributed by atoms with van der Waals surface area (Å²) in [6.07, 6.45) is 2.68. The second kappa shape index (κ2) is 6.78. The van der Waals surface area contributed by atoms with Crippen LogP contribution >= 0.6 is 0 Å². The molecule has 0 spiro atoms. The van der Waals surface area contributed by atoms with Gasteiger partial charge in [-0.15, -0.1) is 0 Å². The van der Waals surface area contributed by atoms with Crippen molar-refractivity contribution in [2.45, 2.75) is 53.0 Å². The van der Waals surface area contributed by atoms with Crippen molar-refractivity contribution in [1.29, 1.82) is 0 Å². The summed E-state index contributed by atoms with van der Waals surface area (Å²) in [6, 6.07) is -0.638. The Hall–Kier alpha value is -1.26. The summed E-state index contributed by atoms with van der Waals surface area (Å²) in [4.78, 5) is 23.3. The number of rotatable bonds is 5. The first-order valence-corrected chi connectivity index (χ1v) is 7.12. The van der Waals surface area contributed by atoms with Crippen molar-refractivity contribution < 1.29 is 9.59 Å². The molecule has 3 amide bonds. The molecule has 0 aromatic rings. The van der Waals surface area contributed by atoms with Gasteiger partial charge in [-0.3, -0.25) is 4.79 Å². The van der Waals surface area contributed by atoms with E-state index in [0.29, 0.717) is 25.4 Å². The number of carbonyl (C=O) groups is 2. The van der Waals surface area contributed by atoms with Gasteiger partial charge in [0, 0.05) is 13.1 Å². The topological polar surface area (TPSA) is 70.2 Å². The maximum atomic E-state index is 11.8. The Bertz CT molecular complexity index is 327. The highest BCUT2D eigenvalue weighted by atomic mass is 16.2. The highest BCUT2D eigenvalue weighted by Gasteiger charge is 2.25. The Morgan fingerprint density at radius 2 is 2.16 bits per heavy atom. The minimum absolute atomic E-state index is 0.0698. The van der Waals surface area contributed by atoms with Crippen LogP contribution in [0.2, 0.25) is 0 Å². The lowest BCUT2D eigenvalue weighted by Gasteiger charge is -2.28. The summed E-state index contributed by atoms with van der Waals surface area (Å²) >= 11 is 0. The van der Waals surface area contributed by atoms with Crippen LogP contribution < -0.4 is 16.0 Å². The molecule has 0 bridgehead atoms. The van der Waals surface area contributed by atoms with E-state index >= 15 is 0 Å². The second-order valence-electron chi connectivity index (χ2n) is 6.58. The first-order chi connectivity index (χ1) is 8.80. The van der Waals surface area contributed by atoms with Crippen LogP contribution in [0.5, 0.6) is 0 Å². The Morgan fingerprint density at radius 3 is 2.74 bits per heavy atom. The van der Waals surface area contributed by atoms with E-state index < -0.39 is 0 Å². The maximum Gasteiger partial charge on any atom is 0.315 e. The van der Waals surface area contributed by atoms with Crippen LogP contribution in [-0.4, -0.2) is 31.1 Å². The normalized spacial score (nSPS) is 20.1. The number of urea groups is 1. The zero-order valence-corrected chi connectivity index (χ0v) is 12.5. The lowest BCUT2D eigenvalue weighted by atomic mass is 9.84. The van der Waals surface area contributed by atoms with E-state index in [2.05, 4.69) is 43.6 Å². The number of nitrogens with one attached hydrogen (secondary N) is 3. The maximum absolute atomic E-state index is 11.8. The van der Waals surface area contributed by atoms with Crippen LogP contribution in [0.1, 0.15) is 47.0 Å². The number of amides is 3. The molecule has 0 aromatic heterocycles. The highest BCUT2D eigenvalue weighted by molar-refractivity contribution is 5.87. The molecule has 1 aliphatic rings. The van der Waals surface area contributed by atoms with Crippen molar-refractivity contribution in [2.75, 3.05) is 13.1 Å². The molecule has 1 heterocycles. The predicted octanol–water partition coefficient (Wildman–Crippen LogP) is 1.64. The summed E-state index contributed by atoms with van der Waals surface area (Å²) in [5, 5.41) is 8.35. The summed E-state index contributed by atoms with van der Waals surface area (Å²) < 4.78 is 0. The van der Waals surface area contributed by atoms with E-state index in [0.717, 1.165) is 12.8 Å².